The molecule has 1 aliphatic carbocycles. The van der Waals surface area contributed by atoms with E-state index in [0.29, 0.717) is 11.5 Å². The number of hydrogen-bond donors (Lipinski definition) is 4. The van der Waals surface area contributed by atoms with Crippen molar-refractivity contribution in [2.75, 3.05) is 5.32 Å². The maximum atomic E-state index is 12.7. The highest BCUT2D eigenvalue weighted by Crippen LogP contribution is 2.33. The van der Waals surface area contributed by atoms with Crippen molar-refractivity contribution in [2.45, 2.75) is 68.4 Å². The lowest BCUT2D eigenvalue weighted by molar-refractivity contribution is 0.179. The van der Waals surface area contributed by atoms with E-state index in [2.05, 4.69) is 10.6 Å². The van der Waals surface area contributed by atoms with Gasteiger partial charge in [0.05, 0.1) is 15.8 Å². The van der Waals surface area contributed by atoms with Crippen LogP contribution in [-0.2, 0) is 9.84 Å². The van der Waals surface area contributed by atoms with Crippen molar-refractivity contribution in [3.63, 3.8) is 0 Å². The summed E-state index contributed by atoms with van der Waals surface area (Å²) < 4.78 is 25.5. The van der Waals surface area contributed by atoms with Crippen LogP contribution < -0.4 is 22.1 Å². The Morgan fingerprint density at radius 2 is 1.86 bits per heavy atom. The van der Waals surface area contributed by atoms with Gasteiger partial charge in [-0.05, 0) is 58.6 Å². The largest absolute Gasteiger partial charge is 0.355 e. The maximum Gasteiger partial charge on any atom is 0.187 e. The lowest BCUT2D eigenvalue weighted by atomic mass is 9.81. The summed E-state index contributed by atoms with van der Waals surface area (Å²) in [6.07, 6.45) is 5.53. The number of benzene rings is 1. The molecule has 0 amide bonds. The average molecular weight is 406 g/mol. The van der Waals surface area contributed by atoms with E-state index in [9.17, 15) is 8.42 Å². The van der Waals surface area contributed by atoms with Gasteiger partial charge in [-0.3, -0.25) is 5.73 Å². The summed E-state index contributed by atoms with van der Waals surface area (Å²) in [5, 5.41) is 5.95. The summed E-state index contributed by atoms with van der Waals surface area (Å²) in [6.45, 7) is 5.27. The minimum Gasteiger partial charge on any atom is -0.355 e. The quantitative estimate of drug-likeness (QED) is 0.610. The van der Waals surface area contributed by atoms with Gasteiger partial charge >= 0.3 is 0 Å². The van der Waals surface area contributed by atoms with Crippen molar-refractivity contribution < 1.29 is 8.42 Å². The van der Waals surface area contributed by atoms with Gasteiger partial charge in [-0.2, -0.15) is 0 Å². The van der Waals surface area contributed by atoms with Gasteiger partial charge in [-0.1, -0.05) is 12.1 Å². The number of para-hydroxylation sites is 1. The number of nitrogens with two attached hydrogens (primary N) is 2. The number of anilines is 1. The highest BCUT2D eigenvalue weighted by molar-refractivity contribution is 7.92. The zero-order valence-electron chi connectivity index (χ0n) is 16.8. The number of aliphatic imine (C=N–C) groups is 1. The van der Waals surface area contributed by atoms with Crippen LogP contribution in [0.4, 0.5) is 5.69 Å². The van der Waals surface area contributed by atoms with Crippen LogP contribution in [-0.4, -0.2) is 31.3 Å². The predicted molar refractivity (Wildman–Crippen MR) is 114 cm³/mol. The molecule has 0 spiro atoms. The Labute approximate surface area is 167 Å². The fourth-order valence-electron chi connectivity index (χ4n) is 3.69. The van der Waals surface area contributed by atoms with Crippen molar-refractivity contribution in [1.29, 1.82) is 0 Å². The second kappa shape index (κ2) is 7.85. The summed E-state index contributed by atoms with van der Waals surface area (Å²) in [7, 11) is -3.43. The van der Waals surface area contributed by atoms with E-state index in [1.807, 2.05) is 13.1 Å². The molecular weight excluding hydrogens is 374 g/mol. The molecule has 6 N–H and O–H groups in total. The van der Waals surface area contributed by atoms with E-state index in [0.717, 1.165) is 31.3 Å². The van der Waals surface area contributed by atoms with Crippen LogP contribution >= 0.6 is 0 Å². The van der Waals surface area contributed by atoms with Gasteiger partial charge in [-0.15, -0.1) is 0 Å². The van der Waals surface area contributed by atoms with Crippen LogP contribution in [0.25, 0.3) is 0 Å². The van der Waals surface area contributed by atoms with Crippen molar-refractivity contribution in [2.24, 2.45) is 22.4 Å². The van der Waals surface area contributed by atoms with Gasteiger partial charge in [0, 0.05) is 23.7 Å². The highest BCUT2D eigenvalue weighted by atomic mass is 32.2. The first-order valence-electron chi connectivity index (χ1n) is 9.82. The third-order valence-electron chi connectivity index (χ3n) is 5.65. The molecule has 1 aliphatic heterocycles. The topological polar surface area (TPSA) is 123 Å². The summed E-state index contributed by atoms with van der Waals surface area (Å²) in [5.74, 6) is -0.168. The van der Waals surface area contributed by atoms with Crippen LogP contribution in [0.1, 0.15) is 46.5 Å². The molecule has 2 aliphatic rings. The van der Waals surface area contributed by atoms with E-state index in [1.54, 1.807) is 38.1 Å². The smallest absolute Gasteiger partial charge is 0.187 e. The molecule has 1 aromatic carbocycles. The zero-order valence-corrected chi connectivity index (χ0v) is 17.6. The number of nitrogens with one attached hydrogen (secondary N) is 2. The van der Waals surface area contributed by atoms with Gasteiger partial charge in [0.25, 0.3) is 0 Å². The molecule has 0 radical (unpaired) electrons. The number of rotatable bonds is 4. The molecule has 0 saturated heterocycles. The molecule has 3 rings (SSSR count). The second-order valence-electron chi connectivity index (χ2n) is 8.08. The van der Waals surface area contributed by atoms with Crippen LogP contribution in [0.2, 0.25) is 0 Å². The van der Waals surface area contributed by atoms with Crippen molar-refractivity contribution >= 4 is 21.4 Å². The Morgan fingerprint density at radius 3 is 2.50 bits per heavy atom. The molecule has 154 valence electrons. The van der Waals surface area contributed by atoms with Gasteiger partial charge in [0.1, 0.15) is 5.84 Å². The average Bonchev–Trinajstić information content (AvgIpc) is 2.65. The Kier molecular flexibility index (Phi) is 5.84. The summed E-state index contributed by atoms with van der Waals surface area (Å²) in [5.41, 5.74) is 14.0. The molecule has 1 heterocycles. The van der Waals surface area contributed by atoms with Crippen LogP contribution in [0.5, 0.6) is 0 Å². The first kappa shape index (κ1) is 20.8. The molecule has 1 atom stereocenters. The second-order valence-corrected chi connectivity index (χ2v) is 10.6. The van der Waals surface area contributed by atoms with E-state index < -0.39 is 20.9 Å². The van der Waals surface area contributed by atoms with E-state index >= 15 is 0 Å². The normalized spacial score (nSPS) is 28.4. The SMILES string of the molecule is CC1=CNC(N)([C@H]2CC[C@H](N)CC2)N=C1Nc1ccccc1S(=O)(=O)C(C)C. The van der Waals surface area contributed by atoms with E-state index in [-0.39, 0.29) is 16.9 Å². The number of sulfone groups is 1. The van der Waals surface area contributed by atoms with Crippen molar-refractivity contribution in [1.82, 2.24) is 5.32 Å². The molecule has 0 bridgehead atoms. The standard InChI is InChI=1S/C20H31N5O2S/c1-13(2)28(26,27)18-7-5-4-6-17(18)24-19-14(3)12-23-20(22,25-19)15-8-10-16(21)11-9-15/h4-7,12-13,15-16,23H,8-11,21-22H2,1-3H3,(H,24,25)/t15-,16-,20?. The first-order valence-corrected chi connectivity index (χ1v) is 11.4. The van der Waals surface area contributed by atoms with Gasteiger partial charge < -0.3 is 16.4 Å². The summed E-state index contributed by atoms with van der Waals surface area (Å²) in [4.78, 5) is 5.04. The minimum atomic E-state index is -3.43. The molecule has 28 heavy (non-hydrogen) atoms. The van der Waals surface area contributed by atoms with Gasteiger partial charge in [0.15, 0.2) is 15.6 Å². The molecule has 8 heteroatoms. The van der Waals surface area contributed by atoms with Crippen molar-refractivity contribution in [3.8, 4) is 0 Å². The van der Waals surface area contributed by atoms with Crippen LogP contribution in [0.15, 0.2) is 45.9 Å². The summed E-state index contributed by atoms with van der Waals surface area (Å²) >= 11 is 0. The molecule has 1 unspecified atom stereocenters. The number of amidine groups is 1. The van der Waals surface area contributed by atoms with Crippen LogP contribution in [0.3, 0.4) is 0 Å². The number of hydrogen-bond acceptors (Lipinski definition) is 7. The van der Waals surface area contributed by atoms with E-state index in [4.69, 9.17) is 16.5 Å². The molecule has 1 saturated carbocycles. The molecule has 1 aromatic rings. The van der Waals surface area contributed by atoms with Crippen LogP contribution in [0, 0.1) is 5.92 Å². The van der Waals surface area contributed by atoms with Gasteiger partial charge in [-0.25, -0.2) is 13.4 Å². The monoisotopic (exact) mass is 405 g/mol. The Morgan fingerprint density at radius 1 is 1.21 bits per heavy atom. The molecule has 1 fully saturated rings. The fourth-order valence-corrected chi connectivity index (χ4v) is 4.89. The summed E-state index contributed by atoms with van der Waals surface area (Å²) in [6, 6.07) is 7.14. The Balaban J connectivity index is 1.91. The fraction of sp³-hybridized carbons (Fsp3) is 0.550. The Bertz CT molecular complexity index is 886. The maximum absolute atomic E-state index is 12.7. The third kappa shape index (κ3) is 4.09. The molecule has 7 nitrogen and oxygen atoms in total. The first-order chi connectivity index (χ1) is 13.1. The highest BCUT2D eigenvalue weighted by Gasteiger charge is 2.38. The lowest BCUT2D eigenvalue weighted by Crippen LogP contribution is -2.59. The zero-order chi connectivity index (χ0) is 20.5. The number of nitrogens with zero attached hydrogens (tertiary/aromatic N) is 1. The third-order valence-corrected chi connectivity index (χ3v) is 7.86. The minimum absolute atomic E-state index is 0.170. The predicted octanol–water partition coefficient (Wildman–Crippen LogP) is 2.32. The molecular formula is C20H31N5O2S. The lowest BCUT2D eigenvalue weighted by Gasteiger charge is -2.40. The van der Waals surface area contributed by atoms with Gasteiger partial charge in [0.2, 0.25) is 0 Å². The van der Waals surface area contributed by atoms with Crippen molar-refractivity contribution in [3.05, 3.63) is 36.0 Å². The Hall–Kier alpha value is -1.90. The molecule has 0 aromatic heterocycles. The van der Waals surface area contributed by atoms with E-state index in [1.165, 1.54) is 0 Å².